The molecule has 0 aromatic heterocycles. The second-order valence-electron chi connectivity index (χ2n) is 5.12. The average Bonchev–Trinajstić information content (AvgIpc) is 2.71. The summed E-state index contributed by atoms with van der Waals surface area (Å²) >= 11 is 0. The van der Waals surface area contributed by atoms with Crippen LogP contribution in [-0.2, 0) is 4.74 Å². The fraction of sp³-hybridized carbons (Fsp3) is 0.571. The van der Waals surface area contributed by atoms with E-state index in [1.165, 1.54) is 24.9 Å². The van der Waals surface area contributed by atoms with Crippen LogP contribution in [-0.4, -0.2) is 25.8 Å². The van der Waals surface area contributed by atoms with Crippen molar-refractivity contribution in [1.82, 2.24) is 0 Å². The Kier molecular flexibility index (Phi) is 2.93. The predicted octanol–water partition coefficient (Wildman–Crippen LogP) is 2.27. The lowest BCUT2D eigenvalue weighted by atomic mass is 10.0. The standard InChI is InChI=1S/C14H20N2O/c15-12-4-6-13(7-5-12)16-8-9-17-10-11-2-1-3-14(11)16/h4-7,11,14H,1-3,8-10,15H2/t11-,14+/m0/s1. The minimum Gasteiger partial charge on any atom is -0.399 e. The number of benzene rings is 1. The fourth-order valence-electron chi connectivity index (χ4n) is 3.17. The Hall–Kier alpha value is -1.22. The van der Waals surface area contributed by atoms with Gasteiger partial charge >= 0.3 is 0 Å². The molecule has 0 amide bonds. The minimum atomic E-state index is 0.668. The van der Waals surface area contributed by atoms with E-state index in [4.69, 9.17) is 10.5 Å². The lowest BCUT2D eigenvalue weighted by molar-refractivity contribution is 0.121. The van der Waals surface area contributed by atoms with Gasteiger partial charge in [0.2, 0.25) is 0 Å². The van der Waals surface area contributed by atoms with Gasteiger partial charge in [0, 0.05) is 29.9 Å². The number of ether oxygens (including phenoxy) is 1. The molecule has 0 bridgehead atoms. The summed E-state index contributed by atoms with van der Waals surface area (Å²) in [6.45, 7) is 2.79. The summed E-state index contributed by atoms with van der Waals surface area (Å²) in [5.41, 5.74) is 7.88. The third kappa shape index (κ3) is 2.12. The van der Waals surface area contributed by atoms with Crippen LogP contribution in [0.1, 0.15) is 19.3 Å². The first-order valence-electron chi connectivity index (χ1n) is 6.54. The molecule has 0 unspecified atom stereocenters. The van der Waals surface area contributed by atoms with E-state index < -0.39 is 0 Å². The van der Waals surface area contributed by atoms with Crippen molar-refractivity contribution in [2.24, 2.45) is 5.92 Å². The maximum absolute atomic E-state index is 5.75. The van der Waals surface area contributed by atoms with E-state index in [-0.39, 0.29) is 0 Å². The highest BCUT2D eigenvalue weighted by Crippen LogP contribution is 2.34. The molecule has 92 valence electrons. The number of fused-ring (bicyclic) bond motifs is 1. The van der Waals surface area contributed by atoms with Crippen LogP contribution in [0, 0.1) is 5.92 Å². The normalized spacial score (nSPS) is 28.8. The smallest absolute Gasteiger partial charge is 0.0641 e. The first-order valence-corrected chi connectivity index (χ1v) is 6.54. The zero-order chi connectivity index (χ0) is 11.7. The van der Waals surface area contributed by atoms with Crippen molar-refractivity contribution in [3.05, 3.63) is 24.3 Å². The van der Waals surface area contributed by atoms with Crippen LogP contribution in [0.3, 0.4) is 0 Å². The molecule has 1 saturated heterocycles. The number of nitrogens with zero attached hydrogens (tertiary/aromatic N) is 1. The molecule has 0 radical (unpaired) electrons. The van der Waals surface area contributed by atoms with Gasteiger partial charge in [-0.05, 0) is 37.1 Å². The molecule has 1 saturated carbocycles. The van der Waals surface area contributed by atoms with Crippen LogP contribution in [0.2, 0.25) is 0 Å². The van der Waals surface area contributed by atoms with E-state index in [2.05, 4.69) is 17.0 Å². The Balaban J connectivity index is 1.86. The zero-order valence-corrected chi connectivity index (χ0v) is 10.1. The number of anilines is 2. The maximum atomic E-state index is 5.75. The molecule has 1 aromatic carbocycles. The highest BCUT2D eigenvalue weighted by atomic mass is 16.5. The molecule has 17 heavy (non-hydrogen) atoms. The van der Waals surface area contributed by atoms with Gasteiger partial charge in [0.25, 0.3) is 0 Å². The molecule has 1 aliphatic carbocycles. The van der Waals surface area contributed by atoms with Crippen molar-refractivity contribution in [1.29, 1.82) is 0 Å². The summed E-state index contributed by atoms with van der Waals surface area (Å²) < 4.78 is 5.72. The van der Waals surface area contributed by atoms with Gasteiger partial charge in [-0.3, -0.25) is 0 Å². The van der Waals surface area contributed by atoms with Crippen molar-refractivity contribution in [3.63, 3.8) is 0 Å². The molecule has 1 heterocycles. The van der Waals surface area contributed by atoms with E-state index in [0.717, 1.165) is 31.4 Å². The predicted molar refractivity (Wildman–Crippen MR) is 70.1 cm³/mol. The van der Waals surface area contributed by atoms with Gasteiger partial charge in [0.1, 0.15) is 0 Å². The molecule has 0 spiro atoms. The Morgan fingerprint density at radius 3 is 2.82 bits per heavy atom. The van der Waals surface area contributed by atoms with Crippen molar-refractivity contribution in [3.8, 4) is 0 Å². The Morgan fingerprint density at radius 2 is 2.00 bits per heavy atom. The van der Waals surface area contributed by atoms with E-state index in [1.807, 2.05) is 12.1 Å². The van der Waals surface area contributed by atoms with Crippen LogP contribution in [0.5, 0.6) is 0 Å². The van der Waals surface area contributed by atoms with Crippen LogP contribution in [0.15, 0.2) is 24.3 Å². The van der Waals surface area contributed by atoms with Crippen molar-refractivity contribution >= 4 is 11.4 Å². The summed E-state index contributed by atoms with van der Waals surface area (Å²) in [5.74, 6) is 0.718. The Bertz CT molecular complexity index is 376. The van der Waals surface area contributed by atoms with Gasteiger partial charge in [-0.25, -0.2) is 0 Å². The molecule has 2 atom stereocenters. The highest BCUT2D eigenvalue weighted by molar-refractivity contribution is 5.54. The molecule has 3 rings (SSSR count). The number of hydrogen-bond acceptors (Lipinski definition) is 3. The summed E-state index contributed by atoms with van der Waals surface area (Å²) in [6, 6.07) is 8.92. The van der Waals surface area contributed by atoms with Gasteiger partial charge in [0.05, 0.1) is 13.2 Å². The molecule has 2 N–H and O–H groups in total. The molecular weight excluding hydrogens is 212 g/mol. The minimum absolute atomic E-state index is 0.668. The SMILES string of the molecule is Nc1ccc(N2CCOC[C@@H]3CCC[C@H]32)cc1. The van der Waals surface area contributed by atoms with Gasteiger partial charge in [-0.1, -0.05) is 6.42 Å². The van der Waals surface area contributed by atoms with Crippen LogP contribution >= 0.6 is 0 Å². The fourth-order valence-corrected chi connectivity index (χ4v) is 3.17. The molecule has 2 fully saturated rings. The van der Waals surface area contributed by atoms with Crippen LogP contribution in [0.4, 0.5) is 11.4 Å². The molecule has 1 aliphatic heterocycles. The van der Waals surface area contributed by atoms with Gasteiger partial charge in [-0.15, -0.1) is 0 Å². The Labute approximate surface area is 103 Å². The molecular formula is C14H20N2O. The summed E-state index contributed by atoms with van der Waals surface area (Å²) in [6.07, 6.45) is 3.96. The Morgan fingerprint density at radius 1 is 1.18 bits per heavy atom. The van der Waals surface area contributed by atoms with Crippen LogP contribution in [0.25, 0.3) is 0 Å². The zero-order valence-electron chi connectivity index (χ0n) is 10.1. The summed E-state index contributed by atoms with van der Waals surface area (Å²) in [5, 5.41) is 0. The first-order chi connectivity index (χ1) is 8.34. The summed E-state index contributed by atoms with van der Waals surface area (Å²) in [4.78, 5) is 2.52. The van der Waals surface area contributed by atoms with Gasteiger partial charge in [-0.2, -0.15) is 0 Å². The molecule has 3 heteroatoms. The third-order valence-corrected chi connectivity index (χ3v) is 4.05. The second-order valence-corrected chi connectivity index (χ2v) is 5.12. The van der Waals surface area contributed by atoms with E-state index in [0.29, 0.717) is 6.04 Å². The number of nitrogen functional groups attached to an aromatic ring is 1. The van der Waals surface area contributed by atoms with Gasteiger partial charge < -0.3 is 15.4 Å². The monoisotopic (exact) mass is 232 g/mol. The molecule has 3 nitrogen and oxygen atoms in total. The summed E-state index contributed by atoms with van der Waals surface area (Å²) in [7, 11) is 0. The lowest BCUT2D eigenvalue weighted by Crippen LogP contribution is -2.38. The van der Waals surface area contributed by atoms with E-state index >= 15 is 0 Å². The van der Waals surface area contributed by atoms with E-state index in [9.17, 15) is 0 Å². The lowest BCUT2D eigenvalue weighted by Gasteiger charge is -2.32. The largest absolute Gasteiger partial charge is 0.399 e. The first kappa shape index (κ1) is 10.9. The molecule has 1 aromatic rings. The number of hydrogen-bond donors (Lipinski definition) is 1. The van der Waals surface area contributed by atoms with Crippen LogP contribution < -0.4 is 10.6 Å². The second kappa shape index (κ2) is 4.57. The molecule has 2 aliphatic rings. The average molecular weight is 232 g/mol. The van der Waals surface area contributed by atoms with E-state index in [1.54, 1.807) is 0 Å². The maximum Gasteiger partial charge on any atom is 0.0641 e. The van der Waals surface area contributed by atoms with Crippen molar-refractivity contribution in [2.45, 2.75) is 25.3 Å². The topological polar surface area (TPSA) is 38.5 Å². The quantitative estimate of drug-likeness (QED) is 0.755. The van der Waals surface area contributed by atoms with Gasteiger partial charge in [0.15, 0.2) is 0 Å². The van der Waals surface area contributed by atoms with Crippen molar-refractivity contribution < 1.29 is 4.74 Å². The third-order valence-electron chi connectivity index (χ3n) is 4.05. The number of nitrogens with two attached hydrogens (primary N) is 1. The highest BCUT2D eigenvalue weighted by Gasteiger charge is 2.34. The van der Waals surface area contributed by atoms with Crippen molar-refractivity contribution in [2.75, 3.05) is 30.4 Å². The number of rotatable bonds is 1.